The number of halogens is 1. The first-order chi connectivity index (χ1) is 30.5. The van der Waals surface area contributed by atoms with Gasteiger partial charge in [0.1, 0.15) is 28.3 Å². The summed E-state index contributed by atoms with van der Waals surface area (Å²) in [5.74, 6) is 3.31. The van der Waals surface area contributed by atoms with Gasteiger partial charge in [-0.05, 0) is 162 Å². The zero-order chi connectivity index (χ0) is 43.0. The minimum Gasteiger partial charge on any atom is -0.508 e. The predicted octanol–water partition coefficient (Wildman–Crippen LogP) is 11.7. The van der Waals surface area contributed by atoms with Gasteiger partial charge in [0.15, 0.2) is 5.82 Å². The van der Waals surface area contributed by atoms with Gasteiger partial charge in [-0.1, -0.05) is 72.8 Å². The van der Waals surface area contributed by atoms with Gasteiger partial charge in [-0.3, -0.25) is 9.56 Å². The van der Waals surface area contributed by atoms with Crippen molar-refractivity contribution in [3.05, 3.63) is 158 Å². The van der Waals surface area contributed by atoms with E-state index in [1.54, 1.807) is 11.3 Å². The summed E-state index contributed by atoms with van der Waals surface area (Å²) in [4.78, 5) is 11.4. The molecule has 2 saturated heterocycles. The van der Waals surface area contributed by atoms with Crippen LogP contribution >= 0.6 is 11.3 Å². The molecular weight excluding hydrogens is 800 g/mol. The largest absolute Gasteiger partial charge is 0.508 e. The number of aromatic nitrogens is 3. The molecule has 3 atom stereocenters. The molecule has 63 heavy (non-hydrogen) atoms. The molecular formula is C54H59FN6OS. The lowest BCUT2D eigenvalue weighted by Crippen LogP contribution is -2.60. The predicted molar refractivity (Wildman–Crippen MR) is 253 cm³/mol. The molecule has 1 saturated carbocycles. The van der Waals surface area contributed by atoms with E-state index in [1.807, 2.05) is 19.1 Å². The quantitative estimate of drug-likeness (QED) is 0.173. The van der Waals surface area contributed by atoms with E-state index in [9.17, 15) is 5.11 Å². The first-order valence-corrected chi connectivity index (χ1v) is 24.2. The van der Waals surface area contributed by atoms with Crippen LogP contribution in [0, 0.1) is 26.2 Å². The molecule has 0 bridgehead atoms. The van der Waals surface area contributed by atoms with Crippen LogP contribution in [-0.4, -0.2) is 68.9 Å². The first kappa shape index (κ1) is 40.6. The molecule has 1 spiro atoms. The number of hydrogen-bond donors (Lipinski definition) is 1. The van der Waals surface area contributed by atoms with Gasteiger partial charge in [0.2, 0.25) is 0 Å². The summed E-state index contributed by atoms with van der Waals surface area (Å²) >= 11 is 1.80. The number of phenolic OH excluding ortho intramolecular Hbond substituents is 1. The van der Waals surface area contributed by atoms with E-state index in [-0.39, 0.29) is 17.4 Å². The third kappa shape index (κ3) is 7.33. The highest BCUT2D eigenvalue weighted by molar-refractivity contribution is 7.15. The van der Waals surface area contributed by atoms with E-state index < -0.39 is 5.67 Å². The van der Waals surface area contributed by atoms with Crippen molar-refractivity contribution in [3.63, 3.8) is 0 Å². The number of phenols is 1. The zero-order valence-corrected chi connectivity index (χ0v) is 38.0. The van der Waals surface area contributed by atoms with Crippen LogP contribution in [-0.2, 0) is 6.42 Å². The van der Waals surface area contributed by atoms with Crippen LogP contribution in [0.15, 0.2) is 102 Å². The number of likely N-dealkylation sites (tertiary alicyclic amines) is 1. The van der Waals surface area contributed by atoms with E-state index >= 15 is 4.39 Å². The summed E-state index contributed by atoms with van der Waals surface area (Å²) in [6.45, 7) is 13.0. The van der Waals surface area contributed by atoms with E-state index in [0.29, 0.717) is 37.0 Å². The van der Waals surface area contributed by atoms with Gasteiger partial charge in [-0.15, -0.1) is 21.5 Å². The molecule has 2 aliphatic carbocycles. The van der Waals surface area contributed by atoms with E-state index in [2.05, 4.69) is 130 Å². The molecule has 3 aliphatic heterocycles. The molecule has 6 aromatic rings. The Kier molecular flexibility index (Phi) is 10.2. The SMILES string of the molecule is Cc1sc2c(c1C)C(c1ccc(N3CC4(CCC(F)(CN5CCC(c6ccc([C@@H]7c8ccc(O)cc8CC[C@@H]7c7ccccc7)cc6)CC5)CC4)C3)cc1)=N[C@@H](C)c1nnc(C)n1-2. The maximum absolute atomic E-state index is 16.6. The summed E-state index contributed by atoms with van der Waals surface area (Å²) < 4.78 is 18.8. The summed E-state index contributed by atoms with van der Waals surface area (Å²) in [5.41, 5.74) is 11.7. The number of fused-ring (bicyclic) bond motifs is 4. The number of aromatic hydroxyl groups is 1. The van der Waals surface area contributed by atoms with Gasteiger partial charge >= 0.3 is 0 Å². The average Bonchev–Trinajstić information content (AvgIpc) is 3.78. The van der Waals surface area contributed by atoms with Crippen molar-refractivity contribution in [2.24, 2.45) is 10.4 Å². The third-order valence-corrected chi connectivity index (χ3v) is 17.0. The van der Waals surface area contributed by atoms with Crippen molar-refractivity contribution in [3.8, 4) is 10.8 Å². The second-order valence-corrected chi connectivity index (χ2v) is 20.9. The van der Waals surface area contributed by atoms with E-state index in [4.69, 9.17) is 4.99 Å². The number of rotatable bonds is 7. The number of aliphatic imine (C=N–C) groups is 1. The molecule has 7 nitrogen and oxygen atoms in total. The Morgan fingerprint density at radius 3 is 2.24 bits per heavy atom. The van der Waals surface area contributed by atoms with Gasteiger partial charge in [-0.2, -0.15) is 0 Å². The second kappa shape index (κ2) is 15.8. The molecule has 2 aromatic heterocycles. The van der Waals surface area contributed by atoms with Crippen molar-refractivity contribution in [2.75, 3.05) is 37.6 Å². The summed E-state index contributed by atoms with van der Waals surface area (Å²) in [6, 6.07) is 35.2. The van der Waals surface area contributed by atoms with Crippen LogP contribution in [0.3, 0.4) is 0 Å². The van der Waals surface area contributed by atoms with Crippen molar-refractivity contribution in [1.29, 1.82) is 0 Å². The molecule has 5 aliphatic rings. The lowest BCUT2D eigenvalue weighted by Gasteiger charge is -2.56. The minimum atomic E-state index is -1.09. The molecule has 3 fully saturated rings. The summed E-state index contributed by atoms with van der Waals surface area (Å²) in [6.07, 6.45) is 7.47. The molecule has 9 heteroatoms. The monoisotopic (exact) mass is 858 g/mol. The van der Waals surface area contributed by atoms with Crippen molar-refractivity contribution >= 4 is 22.7 Å². The number of anilines is 1. The van der Waals surface area contributed by atoms with Gasteiger partial charge < -0.3 is 14.9 Å². The molecule has 324 valence electrons. The molecule has 5 heterocycles. The highest BCUT2D eigenvalue weighted by atomic mass is 32.1. The summed E-state index contributed by atoms with van der Waals surface area (Å²) in [5, 5.41) is 20.3. The van der Waals surface area contributed by atoms with Crippen molar-refractivity contribution < 1.29 is 9.50 Å². The van der Waals surface area contributed by atoms with Gasteiger partial charge in [0.05, 0.1) is 5.71 Å². The fourth-order valence-electron chi connectivity index (χ4n) is 12.0. The number of benzene rings is 4. The number of nitrogens with zero attached hydrogens (tertiary/aromatic N) is 6. The first-order valence-electron chi connectivity index (χ1n) is 23.4. The van der Waals surface area contributed by atoms with Gasteiger partial charge in [0, 0.05) is 52.7 Å². The smallest absolute Gasteiger partial charge is 0.162 e. The molecule has 4 aromatic carbocycles. The van der Waals surface area contributed by atoms with E-state index in [0.717, 1.165) is 92.6 Å². The standard InChI is InChI=1S/C54H59FN6OS/c1-34-36(3)63-52-48(34)50(56-35(2)51-58-57-37(4)61(51)52)42-14-17-44(18-15-42)60-31-53(32-60)24-26-54(55,27-25-53)33-59-28-22-39(23-29-59)38-10-12-41(13-11-38)49-46(40-8-6-5-7-9-40)20-16-43-30-45(62)19-21-47(43)49/h5-15,17-19,21,30,35,39,46,49,62H,16,20,22-29,31-33H2,1-4H3/t35-,46+,49-/m0/s1. The van der Waals surface area contributed by atoms with Crippen molar-refractivity contribution in [2.45, 2.75) is 109 Å². The fourth-order valence-corrected chi connectivity index (χ4v) is 13.3. The maximum Gasteiger partial charge on any atom is 0.162 e. The maximum atomic E-state index is 16.6. The van der Waals surface area contributed by atoms with E-state index in [1.165, 1.54) is 49.5 Å². The Morgan fingerprint density at radius 2 is 1.51 bits per heavy atom. The Bertz CT molecular complexity index is 2660. The number of alkyl halides is 1. The number of piperidine rings is 1. The fraction of sp³-hybridized carbons (Fsp3) is 0.426. The Hall–Kier alpha value is -5.12. The van der Waals surface area contributed by atoms with Crippen LogP contribution in [0.1, 0.15) is 137 Å². The Morgan fingerprint density at radius 1 is 0.794 bits per heavy atom. The average molecular weight is 859 g/mol. The van der Waals surface area contributed by atoms with Crippen LogP contribution in [0.4, 0.5) is 10.1 Å². The Balaban J connectivity index is 0.690. The lowest BCUT2D eigenvalue weighted by atomic mass is 9.64. The zero-order valence-electron chi connectivity index (χ0n) is 37.2. The van der Waals surface area contributed by atoms with Gasteiger partial charge in [-0.25, -0.2) is 4.39 Å². The molecule has 0 unspecified atom stereocenters. The topological polar surface area (TPSA) is 69.8 Å². The lowest BCUT2D eigenvalue weighted by molar-refractivity contribution is -0.00608. The Labute approximate surface area is 375 Å². The molecule has 1 N–H and O–H groups in total. The number of thiophene rings is 1. The highest BCUT2D eigenvalue weighted by Crippen LogP contribution is 2.51. The summed E-state index contributed by atoms with van der Waals surface area (Å²) in [7, 11) is 0. The minimum absolute atomic E-state index is 0.0985. The second-order valence-electron chi connectivity index (χ2n) is 19.7. The van der Waals surface area contributed by atoms with Gasteiger partial charge in [0.25, 0.3) is 0 Å². The molecule has 0 amide bonds. The van der Waals surface area contributed by atoms with Crippen LogP contribution in [0.2, 0.25) is 0 Å². The third-order valence-electron chi connectivity index (χ3n) is 15.8. The number of aryl methyl sites for hydroxylation is 3. The normalized spacial score (nSPS) is 23.0. The number of hydrogen-bond acceptors (Lipinski definition) is 7. The molecule has 0 radical (unpaired) electrons. The van der Waals surface area contributed by atoms with Crippen molar-refractivity contribution in [1.82, 2.24) is 19.7 Å². The van der Waals surface area contributed by atoms with Crippen LogP contribution in [0.25, 0.3) is 5.00 Å². The van der Waals surface area contributed by atoms with Crippen LogP contribution < -0.4 is 4.90 Å². The highest BCUT2D eigenvalue weighted by Gasteiger charge is 2.50. The molecule has 11 rings (SSSR count). The van der Waals surface area contributed by atoms with Crippen LogP contribution in [0.5, 0.6) is 5.75 Å².